The molecule has 0 saturated carbocycles. The third-order valence-electron chi connectivity index (χ3n) is 2.63. The van der Waals surface area contributed by atoms with E-state index in [0.717, 1.165) is 27.4 Å². The minimum atomic E-state index is -3.24. The molecule has 0 aliphatic rings. The highest BCUT2D eigenvalue weighted by molar-refractivity contribution is 8.70. The van der Waals surface area contributed by atoms with Crippen molar-refractivity contribution in [1.29, 1.82) is 0 Å². The summed E-state index contributed by atoms with van der Waals surface area (Å²) in [4.78, 5) is 4.45. The summed E-state index contributed by atoms with van der Waals surface area (Å²) in [5.74, 6) is 0. The van der Waals surface area contributed by atoms with Crippen molar-refractivity contribution in [3.8, 4) is 0 Å². The number of pyridine rings is 1. The van der Waals surface area contributed by atoms with Crippen LogP contribution in [0.2, 0.25) is 0 Å². The fourth-order valence-electron chi connectivity index (χ4n) is 1.63. The van der Waals surface area contributed by atoms with Crippen molar-refractivity contribution in [3.05, 3.63) is 42.1 Å². The predicted molar refractivity (Wildman–Crippen MR) is 75.6 cm³/mol. The lowest BCUT2D eigenvalue weighted by atomic mass is 10.2. The molecule has 0 atom stereocenters. The van der Waals surface area contributed by atoms with Crippen molar-refractivity contribution in [2.75, 3.05) is 13.3 Å². The Morgan fingerprint density at radius 1 is 1.22 bits per heavy atom. The zero-order valence-corrected chi connectivity index (χ0v) is 11.8. The van der Waals surface area contributed by atoms with E-state index in [1.54, 1.807) is 13.3 Å². The van der Waals surface area contributed by atoms with E-state index in [4.69, 9.17) is 0 Å². The van der Waals surface area contributed by atoms with Crippen LogP contribution in [0, 0.1) is 0 Å². The van der Waals surface area contributed by atoms with Crippen LogP contribution >= 0.6 is 10.8 Å². The van der Waals surface area contributed by atoms with E-state index in [-0.39, 0.29) is 6.54 Å². The standard InChI is InChI=1S/C12H14N2O2S2/c1-14(18(15,16)17-2)9-11-8-7-10-5-3-4-6-12(10)13-11/h3-8H,9H2,1-2H3. The van der Waals surface area contributed by atoms with E-state index in [2.05, 4.69) is 4.98 Å². The topological polar surface area (TPSA) is 50.3 Å². The van der Waals surface area contributed by atoms with Gasteiger partial charge in [-0.25, -0.2) is 8.42 Å². The summed E-state index contributed by atoms with van der Waals surface area (Å²) >= 11 is 0. The number of para-hydroxylation sites is 1. The van der Waals surface area contributed by atoms with Gasteiger partial charge in [0.05, 0.1) is 17.8 Å². The number of hydrogen-bond donors (Lipinski definition) is 0. The van der Waals surface area contributed by atoms with Gasteiger partial charge in [-0.3, -0.25) is 4.98 Å². The van der Waals surface area contributed by atoms with E-state index in [9.17, 15) is 8.42 Å². The van der Waals surface area contributed by atoms with E-state index in [0.29, 0.717) is 0 Å². The van der Waals surface area contributed by atoms with Crippen LogP contribution in [-0.2, 0) is 15.6 Å². The number of benzene rings is 1. The third-order valence-corrected chi connectivity index (χ3v) is 5.97. The summed E-state index contributed by atoms with van der Waals surface area (Å²) in [5.41, 5.74) is 1.62. The summed E-state index contributed by atoms with van der Waals surface area (Å²) in [6.45, 7) is 0.286. The Balaban J connectivity index is 2.27. The maximum absolute atomic E-state index is 11.6. The predicted octanol–water partition coefficient (Wildman–Crippen LogP) is 2.27. The fourth-order valence-corrected chi connectivity index (χ4v) is 3.10. The van der Waals surface area contributed by atoms with Crippen molar-refractivity contribution in [3.63, 3.8) is 0 Å². The lowest BCUT2D eigenvalue weighted by Crippen LogP contribution is -2.23. The molecular weight excluding hydrogens is 268 g/mol. The third kappa shape index (κ3) is 2.82. The van der Waals surface area contributed by atoms with E-state index >= 15 is 0 Å². The van der Waals surface area contributed by atoms with Gasteiger partial charge < -0.3 is 0 Å². The van der Waals surface area contributed by atoms with Crippen molar-refractivity contribution in [1.82, 2.24) is 9.29 Å². The van der Waals surface area contributed by atoms with Gasteiger partial charge >= 0.3 is 0 Å². The van der Waals surface area contributed by atoms with Gasteiger partial charge in [0.2, 0.25) is 0 Å². The molecule has 1 aromatic heterocycles. The molecule has 0 unspecified atom stereocenters. The van der Waals surface area contributed by atoms with Crippen LogP contribution in [-0.4, -0.2) is 31.0 Å². The molecule has 0 saturated heterocycles. The molecule has 0 fully saturated rings. The molecule has 2 aromatic rings. The average Bonchev–Trinajstić information content (AvgIpc) is 2.38. The molecule has 18 heavy (non-hydrogen) atoms. The minimum Gasteiger partial charge on any atom is -0.251 e. The van der Waals surface area contributed by atoms with Gasteiger partial charge in [-0.2, -0.15) is 4.31 Å². The highest BCUT2D eigenvalue weighted by atomic mass is 33.1. The van der Waals surface area contributed by atoms with Crippen molar-refractivity contribution >= 4 is 30.8 Å². The number of rotatable bonds is 4. The molecular formula is C12H14N2O2S2. The summed E-state index contributed by atoms with van der Waals surface area (Å²) in [6, 6.07) is 11.6. The molecule has 1 heterocycles. The quantitative estimate of drug-likeness (QED) is 0.807. The molecule has 0 amide bonds. The largest absolute Gasteiger partial charge is 0.267 e. The van der Waals surface area contributed by atoms with Crippen LogP contribution < -0.4 is 0 Å². The van der Waals surface area contributed by atoms with Gasteiger partial charge in [-0.15, -0.1) is 0 Å². The number of nitrogens with zero attached hydrogens (tertiary/aromatic N) is 2. The van der Waals surface area contributed by atoms with Gasteiger partial charge in [0.25, 0.3) is 9.06 Å². The second kappa shape index (κ2) is 5.26. The van der Waals surface area contributed by atoms with E-state index in [1.165, 1.54) is 4.31 Å². The first kappa shape index (κ1) is 13.3. The van der Waals surface area contributed by atoms with Crippen LogP contribution in [0.25, 0.3) is 10.9 Å². The van der Waals surface area contributed by atoms with Crippen LogP contribution in [0.3, 0.4) is 0 Å². The molecule has 0 bridgehead atoms. The Kier molecular flexibility index (Phi) is 3.89. The van der Waals surface area contributed by atoms with Gasteiger partial charge in [-0.1, -0.05) is 24.3 Å². The first-order chi connectivity index (χ1) is 8.53. The first-order valence-corrected chi connectivity index (χ1v) is 8.57. The molecule has 6 heteroatoms. The Bertz CT molecular complexity index is 656. The molecule has 0 aliphatic heterocycles. The fraction of sp³-hybridized carbons (Fsp3) is 0.250. The Labute approximate surface area is 110 Å². The number of fused-ring (bicyclic) bond motifs is 1. The number of hydrogen-bond acceptors (Lipinski definition) is 4. The van der Waals surface area contributed by atoms with Crippen molar-refractivity contribution in [2.24, 2.45) is 0 Å². The average molecular weight is 282 g/mol. The lowest BCUT2D eigenvalue weighted by Gasteiger charge is -2.14. The lowest BCUT2D eigenvalue weighted by molar-refractivity contribution is 0.477. The van der Waals surface area contributed by atoms with Crippen LogP contribution in [0.15, 0.2) is 36.4 Å². The molecule has 0 aliphatic carbocycles. The number of aromatic nitrogens is 1. The molecule has 0 radical (unpaired) electrons. The summed E-state index contributed by atoms with van der Waals surface area (Å²) in [7, 11) is -0.853. The maximum Gasteiger partial charge on any atom is 0.267 e. The smallest absolute Gasteiger partial charge is 0.251 e. The normalized spacial score (nSPS) is 12.2. The van der Waals surface area contributed by atoms with Crippen LogP contribution in [0.4, 0.5) is 0 Å². The Morgan fingerprint density at radius 3 is 2.67 bits per heavy atom. The van der Waals surface area contributed by atoms with Gasteiger partial charge in [0, 0.05) is 12.4 Å². The second-order valence-corrected chi connectivity index (χ2v) is 7.95. The van der Waals surface area contributed by atoms with Gasteiger partial charge in [0.1, 0.15) is 0 Å². The highest BCUT2D eigenvalue weighted by Crippen LogP contribution is 2.17. The molecule has 0 N–H and O–H groups in total. The van der Waals surface area contributed by atoms with Crippen LogP contribution in [0.5, 0.6) is 0 Å². The van der Waals surface area contributed by atoms with Gasteiger partial charge in [0.15, 0.2) is 0 Å². The molecule has 96 valence electrons. The summed E-state index contributed by atoms with van der Waals surface area (Å²) in [5, 5.41) is 1.05. The molecule has 2 rings (SSSR count). The zero-order chi connectivity index (χ0) is 13.2. The van der Waals surface area contributed by atoms with Gasteiger partial charge in [-0.05, 0) is 29.2 Å². The minimum absolute atomic E-state index is 0.286. The van der Waals surface area contributed by atoms with Crippen molar-refractivity contribution in [2.45, 2.75) is 6.54 Å². The molecule has 4 nitrogen and oxygen atoms in total. The monoisotopic (exact) mass is 282 g/mol. The molecule has 0 spiro atoms. The SMILES string of the molecule is CSS(=O)(=O)N(C)Cc1ccc2ccccc2n1. The van der Waals surface area contributed by atoms with Crippen molar-refractivity contribution < 1.29 is 8.42 Å². The Morgan fingerprint density at radius 2 is 1.94 bits per heavy atom. The summed E-state index contributed by atoms with van der Waals surface area (Å²) in [6.07, 6.45) is 1.56. The summed E-state index contributed by atoms with van der Waals surface area (Å²) < 4.78 is 24.6. The molecule has 1 aromatic carbocycles. The van der Waals surface area contributed by atoms with E-state index in [1.807, 2.05) is 36.4 Å². The maximum atomic E-state index is 11.6. The van der Waals surface area contributed by atoms with Crippen LogP contribution in [0.1, 0.15) is 5.69 Å². The zero-order valence-electron chi connectivity index (χ0n) is 10.2. The first-order valence-electron chi connectivity index (χ1n) is 5.39. The highest BCUT2D eigenvalue weighted by Gasteiger charge is 2.16. The second-order valence-electron chi connectivity index (χ2n) is 3.88. The Hall–Kier alpha value is -1.11. The van der Waals surface area contributed by atoms with E-state index < -0.39 is 9.06 Å².